The second-order valence-corrected chi connectivity index (χ2v) is 5.33. The normalized spacial score (nSPS) is 10.5. The van der Waals surface area contributed by atoms with Gasteiger partial charge >= 0.3 is 0 Å². The van der Waals surface area contributed by atoms with E-state index in [2.05, 4.69) is 57.0 Å². The summed E-state index contributed by atoms with van der Waals surface area (Å²) in [6.45, 7) is 7.23. The number of aryl methyl sites for hydroxylation is 2. The molecule has 0 heterocycles. The van der Waals surface area contributed by atoms with Crippen molar-refractivity contribution in [3.8, 4) is 0 Å². The van der Waals surface area contributed by atoms with E-state index in [1.54, 1.807) is 0 Å². The van der Waals surface area contributed by atoms with E-state index in [1.807, 2.05) is 12.1 Å². The Morgan fingerprint density at radius 3 is 2.26 bits per heavy atom. The topological polar surface area (TPSA) is 29.3 Å². The molecule has 2 rings (SSSR count). The van der Waals surface area contributed by atoms with E-state index in [1.165, 1.54) is 27.9 Å². The van der Waals surface area contributed by atoms with E-state index < -0.39 is 0 Å². The average molecular weight is 254 g/mol. The highest BCUT2D eigenvalue weighted by molar-refractivity contribution is 5.54. The minimum Gasteiger partial charge on any atom is -0.399 e. The molecule has 0 radical (unpaired) electrons. The molecule has 2 heteroatoms. The first-order valence-electron chi connectivity index (χ1n) is 6.61. The van der Waals surface area contributed by atoms with Gasteiger partial charge in [-0.15, -0.1) is 0 Å². The van der Waals surface area contributed by atoms with Crippen molar-refractivity contribution < 1.29 is 0 Å². The van der Waals surface area contributed by atoms with Crippen LogP contribution in [0.3, 0.4) is 0 Å². The monoisotopic (exact) mass is 254 g/mol. The Bertz CT molecular complexity index is 568. The molecule has 19 heavy (non-hydrogen) atoms. The van der Waals surface area contributed by atoms with Crippen molar-refractivity contribution >= 4 is 11.4 Å². The molecule has 0 aromatic heterocycles. The van der Waals surface area contributed by atoms with E-state index in [9.17, 15) is 0 Å². The van der Waals surface area contributed by atoms with Crippen LogP contribution in [0.2, 0.25) is 0 Å². The van der Waals surface area contributed by atoms with E-state index in [4.69, 9.17) is 5.73 Å². The molecule has 2 aromatic carbocycles. The van der Waals surface area contributed by atoms with Crippen LogP contribution >= 0.6 is 0 Å². The van der Waals surface area contributed by atoms with E-state index in [0.29, 0.717) is 0 Å². The standard InChI is InChI=1S/C17H22N2/c1-12-8-13(2)10-16(9-12)19(4)11-15-6-5-7-17(18)14(15)3/h5-10H,11,18H2,1-4H3. The van der Waals surface area contributed by atoms with Crippen LogP contribution in [0.4, 0.5) is 11.4 Å². The minimum absolute atomic E-state index is 0.867. The Balaban J connectivity index is 2.25. The molecule has 0 unspecified atom stereocenters. The van der Waals surface area contributed by atoms with Crippen LogP contribution in [0.1, 0.15) is 22.3 Å². The largest absolute Gasteiger partial charge is 0.399 e. The molecule has 0 aliphatic heterocycles. The summed E-state index contributed by atoms with van der Waals surface area (Å²) < 4.78 is 0. The summed E-state index contributed by atoms with van der Waals surface area (Å²) in [7, 11) is 2.12. The highest BCUT2D eigenvalue weighted by atomic mass is 15.1. The molecule has 0 spiro atoms. The molecule has 2 N–H and O–H groups in total. The van der Waals surface area contributed by atoms with Gasteiger partial charge in [0.25, 0.3) is 0 Å². The first kappa shape index (κ1) is 13.5. The Morgan fingerprint density at radius 1 is 1.00 bits per heavy atom. The number of nitrogens with zero attached hydrogens (tertiary/aromatic N) is 1. The van der Waals surface area contributed by atoms with E-state index in [-0.39, 0.29) is 0 Å². The molecule has 100 valence electrons. The highest BCUT2D eigenvalue weighted by Gasteiger charge is 2.07. The lowest BCUT2D eigenvalue weighted by Crippen LogP contribution is -2.17. The number of hydrogen-bond acceptors (Lipinski definition) is 2. The molecule has 2 nitrogen and oxygen atoms in total. The SMILES string of the molecule is Cc1cc(C)cc(N(C)Cc2cccc(N)c2C)c1. The maximum atomic E-state index is 5.96. The van der Waals surface area contributed by atoms with Crippen LogP contribution in [0.15, 0.2) is 36.4 Å². The van der Waals surface area contributed by atoms with Gasteiger partial charge in [-0.25, -0.2) is 0 Å². The van der Waals surface area contributed by atoms with Gasteiger partial charge in [-0.3, -0.25) is 0 Å². The van der Waals surface area contributed by atoms with E-state index in [0.717, 1.165) is 12.2 Å². The summed E-state index contributed by atoms with van der Waals surface area (Å²) in [6.07, 6.45) is 0. The summed E-state index contributed by atoms with van der Waals surface area (Å²) in [6, 6.07) is 12.7. The lowest BCUT2D eigenvalue weighted by molar-refractivity contribution is 0.913. The molecule has 0 bridgehead atoms. The fourth-order valence-corrected chi connectivity index (χ4v) is 2.39. The smallest absolute Gasteiger partial charge is 0.0429 e. The van der Waals surface area contributed by atoms with Crippen molar-refractivity contribution in [1.82, 2.24) is 0 Å². The number of rotatable bonds is 3. The van der Waals surface area contributed by atoms with Gasteiger partial charge in [0.1, 0.15) is 0 Å². The summed E-state index contributed by atoms with van der Waals surface area (Å²) in [5, 5.41) is 0. The molecular weight excluding hydrogens is 232 g/mol. The predicted octanol–water partition coefficient (Wildman–Crippen LogP) is 3.83. The van der Waals surface area contributed by atoms with Crippen LogP contribution in [0, 0.1) is 20.8 Å². The van der Waals surface area contributed by atoms with Crippen LogP contribution < -0.4 is 10.6 Å². The number of nitrogens with two attached hydrogens (primary N) is 1. The van der Waals surface area contributed by atoms with Crippen molar-refractivity contribution in [2.45, 2.75) is 27.3 Å². The van der Waals surface area contributed by atoms with Crippen LogP contribution in [0.25, 0.3) is 0 Å². The third kappa shape index (κ3) is 3.08. The molecule has 2 aromatic rings. The lowest BCUT2D eigenvalue weighted by Gasteiger charge is -2.22. The molecule has 0 aliphatic carbocycles. The zero-order valence-corrected chi connectivity index (χ0v) is 12.2. The van der Waals surface area contributed by atoms with Gasteiger partial charge in [-0.05, 0) is 61.2 Å². The number of nitrogen functional groups attached to an aromatic ring is 1. The average Bonchev–Trinajstić information content (AvgIpc) is 2.33. The molecular formula is C17H22N2. The van der Waals surface area contributed by atoms with Crippen molar-refractivity contribution in [2.75, 3.05) is 17.7 Å². The fourth-order valence-electron chi connectivity index (χ4n) is 2.39. The number of hydrogen-bond donors (Lipinski definition) is 1. The number of anilines is 2. The fraction of sp³-hybridized carbons (Fsp3) is 0.294. The van der Waals surface area contributed by atoms with Crippen LogP contribution in [-0.4, -0.2) is 7.05 Å². The Morgan fingerprint density at radius 2 is 1.63 bits per heavy atom. The maximum Gasteiger partial charge on any atom is 0.0429 e. The lowest BCUT2D eigenvalue weighted by atomic mass is 10.1. The molecule has 0 amide bonds. The summed E-state index contributed by atoms with van der Waals surface area (Å²) >= 11 is 0. The molecule has 0 saturated heterocycles. The molecule has 0 aliphatic rings. The minimum atomic E-state index is 0.867. The zero-order valence-electron chi connectivity index (χ0n) is 12.2. The second-order valence-electron chi connectivity index (χ2n) is 5.33. The van der Waals surface area contributed by atoms with E-state index >= 15 is 0 Å². The van der Waals surface area contributed by atoms with Crippen molar-refractivity contribution in [3.05, 3.63) is 58.7 Å². The Labute approximate surface area is 115 Å². The third-order valence-electron chi connectivity index (χ3n) is 3.54. The molecule has 0 atom stereocenters. The van der Waals surface area contributed by atoms with Gasteiger partial charge < -0.3 is 10.6 Å². The van der Waals surface area contributed by atoms with Gasteiger partial charge in [-0.2, -0.15) is 0 Å². The van der Waals surface area contributed by atoms with Crippen molar-refractivity contribution in [3.63, 3.8) is 0 Å². The molecule has 0 saturated carbocycles. The van der Waals surface area contributed by atoms with Gasteiger partial charge in [0.15, 0.2) is 0 Å². The first-order chi connectivity index (χ1) is 8.97. The molecule has 0 fully saturated rings. The third-order valence-corrected chi connectivity index (χ3v) is 3.54. The summed E-state index contributed by atoms with van der Waals surface area (Å²) in [5.74, 6) is 0. The first-order valence-corrected chi connectivity index (χ1v) is 6.61. The van der Waals surface area contributed by atoms with Gasteiger partial charge in [0.2, 0.25) is 0 Å². The van der Waals surface area contributed by atoms with Crippen LogP contribution in [0.5, 0.6) is 0 Å². The van der Waals surface area contributed by atoms with Gasteiger partial charge in [-0.1, -0.05) is 18.2 Å². The van der Waals surface area contributed by atoms with Gasteiger partial charge in [0.05, 0.1) is 0 Å². The number of benzene rings is 2. The second kappa shape index (κ2) is 5.35. The summed E-state index contributed by atoms with van der Waals surface area (Å²) in [5.41, 5.74) is 13.1. The summed E-state index contributed by atoms with van der Waals surface area (Å²) in [4.78, 5) is 2.27. The highest BCUT2D eigenvalue weighted by Crippen LogP contribution is 2.22. The Hall–Kier alpha value is -1.96. The van der Waals surface area contributed by atoms with Crippen molar-refractivity contribution in [1.29, 1.82) is 0 Å². The quantitative estimate of drug-likeness (QED) is 0.843. The maximum absolute atomic E-state index is 5.96. The Kier molecular flexibility index (Phi) is 3.79. The predicted molar refractivity (Wildman–Crippen MR) is 83.6 cm³/mol. The van der Waals surface area contributed by atoms with Gasteiger partial charge in [0, 0.05) is 25.0 Å². The van der Waals surface area contributed by atoms with Crippen LogP contribution in [-0.2, 0) is 6.54 Å². The van der Waals surface area contributed by atoms with Crippen molar-refractivity contribution in [2.24, 2.45) is 0 Å². The zero-order chi connectivity index (χ0) is 14.0.